The maximum atomic E-state index is 13.5. The summed E-state index contributed by atoms with van der Waals surface area (Å²) in [6, 6.07) is 2.53. The van der Waals surface area contributed by atoms with Gasteiger partial charge in [-0.05, 0) is 34.5 Å². The van der Waals surface area contributed by atoms with E-state index in [2.05, 4.69) is 15.9 Å². The predicted molar refractivity (Wildman–Crippen MR) is 63.3 cm³/mol. The molecule has 0 amide bonds. The number of benzene rings is 1. The highest BCUT2D eigenvalue weighted by molar-refractivity contribution is 9.10. The number of hydrogen-bond acceptors (Lipinski definition) is 1. The van der Waals surface area contributed by atoms with Crippen LogP contribution in [0, 0.1) is 11.6 Å². The fourth-order valence-corrected chi connectivity index (χ4v) is 1.91. The molecular formula is C12H15BrF2O. The van der Waals surface area contributed by atoms with Crippen molar-refractivity contribution in [3.8, 4) is 0 Å². The zero-order chi connectivity index (χ0) is 12.1. The highest BCUT2D eigenvalue weighted by Crippen LogP contribution is 2.23. The number of halogens is 3. The summed E-state index contributed by atoms with van der Waals surface area (Å²) in [7, 11) is 0. The molecule has 1 nitrogen and oxygen atoms in total. The van der Waals surface area contributed by atoms with Crippen LogP contribution in [0.1, 0.15) is 31.7 Å². The first-order valence-corrected chi connectivity index (χ1v) is 6.16. The molecule has 1 N–H and O–H groups in total. The quantitative estimate of drug-likeness (QED) is 0.818. The fourth-order valence-electron chi connectivity index (χ4n) is 1.53. The van der Waals surface area contributed by atoms with Gasteiger partial charge in [0.05, 0.1) is 10.6 Å². The summed E-state index contributed by atoms with van der Waals surface area (Å²) >= 11 is 3.00. The van der Waals surface area contributed by atoms with Crippen molar-refractivity contribution in [1.29, 1.82) is 0 Å². The Balaban J connectivity index is 2.76. The van der Waals surface area contributed by atoms with Crippen LogP contribution in [0.25, 0.3) is 0 Å². The topological polar surface area (TPSA) is 20.2 Å². The Bertz CT molecular complexity index is 355. The van der Waals surface area contributed by atoms with E-state index in [-0.39, 0.29) is 16.5 Å². The number of unbranched alkanes of at least 4 members (excludes halogenated alkanes) is 1. The van der Waals surface area contributed by atoms with E-state index in [0.29, 0.717) is 6.42 Å². The van der Waals surface area contributed by atoms with Crippen molar-refractivity contribution in [2.24, 2.45) is 0 Å². The number of aliphatic hydroxyl groups excluding tert-OH is 1. The van der Waals surface area contributed by atoms with Crippen LogP contribution in [-0.4, -0.2) is 11.2 Å². The van der Waals surface area contributed by atoms with E-state index in [4.69, 9.17) is 0 Å². The van der Waals surface area contributed by atoms with Gasteiger partial charge in [-0.3, -0.25) is 0 Å². The Morgan fingerprint density at radius 2 is 2.06 bits per heavy atom. The van der Waals surface area contributed by atoms with Crippen LogP contribution in [0.5, 0.6) is 0 Å². The van der Waals surface area contributed by atoms with Crippen molar-refractivity contribution < 1.29 is 13.9 Å². The monoisotopic (exact) mass is 292 g/mol. The van der Waals surface area contributed by atoms with Crippen LogP contribution in [0.3, 0.4) is 0 Å². The van der Waals surface area contributed by atoms with Crippen molar-refractivity contribution in [3.05, 3.63) is 33.8 Å². The molecule has 1 rings (SSSR count). The fraction of sp³-hybridized carbons (Fsp3) is 0.500. The summed E-state index contributed by atoms with van der Waals surface area (Å²) < 4.78 is 27.1. The number of hydrogen-bond donors (Lipinski definition) is 1. The third kappa shape index (κ3) is 3.52. The van der Waals surface area contributed by atoms with Gasteiger partial charge in [-0.25, -0.2) is 8.78 Å². The van der Waals surface area contributed by atoms with Gasteiger partial charge in [-0.1, -0.05) is 19.8 Å². The molecule has 0 spiro atoms. The average Bonchev–Trinajstić information content (AvgIpc) is 2.27. The lowest BCUT2D eigenvalue weighted by Crippen LogP contribution is -2.13. The molecule has 1 atom stereocenters. The molecule has 0 aromatic heterocycles. The molecule has 16 heavy (non-hydrogen) atoms. The van der Waals surface area contributed by atoms with Crippen molar-refractivity contribution in [2.45, 2.75) is 38.7 Å². The van der Waals surface area contributed by atoms with E-state index in [1.54, 1.807) is 0 Å². The Labute approximate surface area is 103 Å². The minimum atomic E-state index is -0.682. The maximum Gasteiger partial charge on any atom is 0.143 e. The first-order valence-electron chi connectivity index (χ1n) is 5.36. The zero-order valence-electron chi connectivity index (χ0n) is 9.14. The first kappa shape index (κ1) is 13.6. The smallest absolute Gasteiger partial charge is 0.143 e. The molecular weight excluding hydrogens is 278 g/mol. The summed E-state index contributed by atoms with van der Waals surface area (Å²) in [6.45, 7) is 2.01. The molecule has 0 fully saturated rings. The van der Waals surface area contributed by atoms with Gasteiger partial charge in [0.25, 0.3) is 0 Å². The molecule has 0 radical (unpaired) electrons. The Morgan fingerprint density at radius 1 is 1.38 bits per heavy atom. The van der Waals surface area contributed by atoms with Gasteiger partial charge in [-0.15, -0.1) is 0 Å². The van der Waals surface area contributed by atoms with Crippen molar-refractivity contribution in [1.82, 2.24) is 0 Å². The summed E-state index contributed by atoms with van der Waals surface area (Å²) in [5.41, 5.74) is -0.0435. The second-order valence-corrected chi connectivity index (χ2v) is 4.68. The molecule has 90 valence electrons. The molecule has 0 aliphatic heterocycles. The van der Waals surface area contributed by atoms with E-state index in [1.807, 2.05) is 6.92 Å². The summed E-state index contributed by atoms with van der Waals surface area (Å²) in [5, 5.41) is 9.62. The van der Waals surface area contributed by atoms with Gasteiger partial charge in [0.15, 0.2) is 0 Å². The van der Waals surface area contributed by atoms with Gasteiger partial charge in [0.1, 0.15) is 11.6 Å². The summed E-state index contributed by atoms with van der Waals surface area (Å²) in [5.74, 6) is -1.22. The van der Waals surface area contributed by atoms with Crippen LogP contribution in [0.4, 0.5) is 8.78 Å². The highest BCUT2D eigenvalue weighted by atomic mass is 79.9. The second-order valence-electron chi connectivity index (χ2n) is 3.82. The van der Waals surface area contributed by atoms with Crippen LogP contribution in [-0.2, 0) is 6.42 Å². The molecule has 0 aliphatic carbocycles. The van der Waals surface area contributed by atoms with Gasteiger partial charge < -0.3 is 5.11 Å². The minimum absolute atomic E-state index is 0.0249. The second kappa shape index (κ2) is 6.30. The van der Waals surface area contributed by atoms with Crippen molar-refractivity contribution in [2.75, 3.05) is 0 Å². The van der Waals surface area contributed by atoms with E-state index in [1.165, 1.54) is 12.1 Å². The lowest BCUT2D eigenvalue weighted by atomic mass is 10.0. The van der Waals surface area contributed by atoms with Gasteiger partial charge in [0, 0.05) is 12.0 Å². The van der Waals surface area contributed by atoms with Gasteiger partial charge >= 0.3 is 0 Å². The molecule has 1 aromatic carbocycles. The highest BCUT2D eigenvalue weighted by Gasteiger charge is 2.15. The third-order valence-electron chi connectivity index (χ3n) is 2.47. The molecule has 4 heteroatoms. The van der Waals surface area contributed by atoms with Crippen molar-refractivity contribution in [3.63, 3.8) is 0 Å². The maximum absolute atomic E-state index is 13.5. The van der Waals surface area contributed by atoms with Crippen LogP contribution in [0.15, 0.2) is 16.6 Å². The van der Waals surface area contributed by atoms with Crippen molar-refractivity contribution >= 4 is 15.9 Å². The molecule has 0 bridgehead atoms. The minimum Gasteiger partial charge on any atom is -0.393 e. The predicted octanol–water partition coefficient (Wildman–Crippen LogP) is 3.82. The van der Waals surface area contributed by atoms with E-state index in [9.17, 15) is 13.9 Å². The number of aliphatic hydroxyl groups is 1. The van der Waals surface area contributed by atoms with E-state index in [0.717, 1.165) is 12.8 Å². The van der Waals surface area contributed by atoms with Crippen LogP contribution in [0.2, 0.25) is 0 Å². The van der Waals surface area contributed by atoms with Crippen LogP contribution >= 0.6 is 15.9 Å². The van der Waals surface area contributed by atoms with Crippen LogP contribution < -0.4 is 0 Å². The average molecular weight is 293 g/mol. The molecule has 0 heterocycles. The van der Waals surface area contributed by atoms with E-state index >= 15 is 0 Å². The Hall–Kier alpha value is -0.480. The third-order valence-corrected chi connectivity index (χ3v) is 3.08. The molecule has 0 aliphatic rings. The zero-order valence-corrected chi connectivity index (χ0v) is 10.7. The first-order chi connectivity index (χ1) is 7.56. The standard InChI is InChI=1S/C12H15BrF2O/c1-2-3-4-8(16)7-9-11(14)6-5-10(13)12(9)15/h5-6,8,16H,2-4,7H2,1H3. The number of rotatable bonds is 5. The summed E-state index contributed by atoms with van der Waals surface area (Å²) in [6.07, 6.45) is 1.73. The SMILES string of the molecule is CCCCC(O)Cc1c(F)ccc(Br)c1F. The lowest BCUT2D eigenvalue weighted by Gasteiger charge is -2.12. The Kier molecular flexibility index (Phi) is 5.35. The molecule has 0 saturated heterocycles. The van der Waals surface area contributed by atoms with Gasteiger partial charge in [0.2, 0.25) is 0 Å². The van der Waals surface area contributed by atoms with Gasteiger partial charge in [-0.2, -0.15) is 0 Å². The normalized spacial score (nSPS) is 12.8. The molecule has 1 aromatic rings. The largest absolute Gasteiger partial charge is 0.393 e. The lowest BCUT2D eigenvalue weighted by molar-refractivity contribution is 0.159. The molecule has 1 unspecified atom stereocenters. The van der Waals surface area contributed by atoms with E-state index < -0.39 is 17.7 Å². The molecule has 0 saturated carbocycles. The Morgan fingerprint density at radius 3 is 2.69 bits per heavy atom. The summed E-state index contributed by atoms with van der Waals surface area (Å²) in [4.78, 5) is 0.